The second-order valence-corrected chi connectivity index (χ2v) is 10.0. The number of hydrogen-bond donors (Lipinski definition) is 1. The molecule has 0 bridgehead atoms. The Hall–Kier alpha value is -3.07. The van der Waals surface area contributed by atoms with Gasteiger partial charge in [-0.1, -0.05) is 35.9 Å². The van der Waals surface area contributed by atoms with Crippen molar-refractivity contribution in [2.24, 2.45) is 0 Å². The molecule has 0 spiro atoms. The molecular weight excluding hydrogens is 452 g/mol. The Labute approximate surface area is 201 Å². The first-order chi connectivity index (χ1) is 16.4. The van der Waals surface area contributed by atoms with Crippen LogP contribution in [0.15, 0.2) is 65.6 Å². The predicted molar refractivity (Wildman–Crippen MR) is 132 cm³/mol. The van der Waals surface area contributed by atoms with E-state index in [0.717, 1.165) is 35.2 Å². The summed E-state index contributed by atoms with van der Waals surface area (Å²) in [6, 6.07) is 18.1. The Bertz CT molecular complexity index is 1260. The van der Waals surface area contributed by atoms with Crippen molar-refractivity contribution >= 4 is 15.7 Å². The van der Waals surface area contributed by atoms with Gasteiger partial charge >= 0.3 is 0 Å². The van der Waals surface area contributed by atoms with Gasteiger partial charge in [0.2, 0.25) is 0 Å². The van der Waals surface area contributed by atoms with Gasteiger partial charge in [-0.05, 0) is 60.4 Å². The number of para-hydroxylation sites is 1. The molecule has 7 nitrogen and oxygen atoms in total. The summed E-state index contributed by atoms with van der Waals surface area (Å²) in [6.07, 6.45) is 0.831. The van der Waals surface area contributed by atoms with Crippen LogP contribution < -0.4 is 19.1 Å². The minimum atomic E-state index is -3.86. The molecule has 0 saturated heterocycles. The Morgan fingerprint density at radius 1 is 0.941 bits per heavy atom. The van der Waals surface area contributed by atoms with Crippen molar-refractivity contribution in [2.45, 2.75) is 24.3 Å². The van der Waals surface area contributed by atoms with E-state index < -0.39 is 10.0 Å². The third kappa shape index (κ3) is 4.49. The molecule has 34 heavy (non-hydrogen) atoms. The second kappa shape index (κ2) is 10.0. The van der Waals surface area contributed by atoms with Crippen LogP contribution >= 0.6 is 0 Å². The molecular formula is C26H30N2O5S. The summed E-state index contributed by atoms with van der Waals surface area (Å²) in [4.78, 5) is 0.216. The number of hydrogen-bond acceptors (Lipinski definition) is 6. The van der Waals surface area contributed by atoms with Crippen LogP contribution in [0.3, 0.4) is 0 Å². The number of aryl methyl sites for hydroxylation is 1. The lowest BCUT2D eigenvalue weighted by atomic mass is 9.88. The van der Waals surface area contributed by atoms with Gasteiger partial charge in [-0.25, -0.2) is 12.7 Å². The molecule has 180 valence electrons. The van der Waals surface area contributed by atoms with Gasteiger partial charge in [0.15, 0.2) is 11.5 Å². The van der Waals surface area contributed by atoms with E-state index >= 15 is 0 Å². The molecule has 3 aromatic carbocycles. The van der Waals surface area contributed by atoms with E-state index in [1.807, 2.05) is 43.3 Å². The van der Waals surface area contributed by atoms with E-state index in [1.54, 1.807) is 38.5 Å². The summed E-state index contributed by atoms with van der Waals surface area (Å²) in [7, 11) is 0.863. The molecule has 0 aliphatic carbocycles. The number of rotatable bonds is 8. The van der Waals surface area contributed by atoms with Crippen molar-refractivity contribution in [2.75, 3.05) is 38.9 Å². The second-order valence-electron chi connectivity index (χ2n) is 8.19. The van der Waals surface area contributed by atoms with Crippen LogP contribution in [-0.2, 0) is 21.2 Å². The highest BCUT2D eigenvalue weighted by molar-refractivity contribution is 7.92. The topological polar surface area (TPSA) is 77.1 Å². The Kier molecular flexibility index (Phi) is 7.11. The fourth-order valence-corrected chi connectivity index (χ4v) is 5.75. The van der Waals surface area contributed by atoms with Gasteiger partial charge in [0.25, 0.3) is 10.0 Å². The quantitative estimate of drug-likeness (QED) is 0.488. The number of benzene rings is 3. The average Bonchev–Trinajstić information content (AvgIpc) is 2.86. The third-order valence-corrected chi connectivity index (χ3v) is 7.82. The van der Waals surface area contributed by atoms with E-state index in [2.05, 4.69) is 5.32 Å². The maximum Gasteiger partial charge on any atom is 0.266 e. The smallest absolute Gasteiger partial charge is 0.266 e. The van der Waals surface area contributed by atoms with Crippen LogP contribution in [0.4, 0.5) is 5.69 Å². The fraction of sp³-hybridized carbons (Fsp3) is 0.308. The van der Waals surface area contributed by atoms with Crippen LogP contribution in [0.1, 0.15) is 28.3 Å². The number of ether oxygens (including phenoxy) is 3. The van der Waals surface area contributed by atoms with Gasteiger partial charge in [-0.15, -0.1) is 0 Å². The summed E-state index contributed by atoms with van der Waals surface area (Å²) in [5, 5.41) is 3.56. The van der Waals surface area contributed by atoms with Gasteiger partial charge < -0.3 is 19.5 Å². The maximum atomic E-state index is 13.7. The van der Waals surface area contributed by atoms with E-state index in [9.17, 15) is 8.42 Å². The fourth-order valence-electron chi connectivity index (χ4n) is 4.34. The molecule has 3 aromatic rings. The van der Waals surface area contributed by atoms with Crippen LogP contribution in [-0.4, -0.2) is 43.0 Å². The van der Waals surface area contributed by atoms with Gasteiger partial charge in [0.1, 0.15) is 6.73 Å². The molecule has 0 radical (unpaired) electrons. The van der Waals surface area contributed by atoms with E-state index in [-0.39, 0.29) is 17.7 Å². The normalized spacial score (nSPS) is 15.5. The zero-order valence-electron chi connectivity index (χ0n) is 19.9. The molecule has 0 unspecified atom stereocenters. The molecule has 8 heteroatoms. The average molecular weight is 483 g/mol. The Balaban J connectivity index is 1.84. The molecule has 1 aliphatic heterocycles. The summed E-state index contributed by atoms with van der Waals surface area (Å²) in [6.45, 7) is 2.56. The molecule has 0 fully saturated rings. The van der Waals surface area contributed by atoms with E-state index in [1.165, 1.54) is 11.4 Å². The number of nitrogens with one attached hydrogen (secondary N) is 1. The standard InChI is InChI=1S/C26H30N2O5S/c1-18-9-11-20(12-10-18)34(29,30)28(17-31-2)23-8-6-5-7-21(23)26-22-16-25(33-4)24(32-3)15-19(22)13-14-27-26/h5-12,15-16,26-27H,13-14,17H2,1-4H3/t26-/m1/s1. The first-order valence-electron chi connectivity index (χ1n) is 11.1. The van der Waals surface area contributed by atoms with Crippen LogP contribution in [0.5, 0.6) is 11.5 Å². The van der Waals surface area contributed by atoms with Gasteiger partial charge in [0, 0.05) is 13.7 Å². The maximum absolute atomic E-state index is 13.7. The van der Waals surface area contributed by atoms with Crippen molar-refractivity contribution in [3.63, 3.8) is 0 Å². The molecule has 1 aliphatic rings. The predicted octanol–water partition coefficient (Wildman–Crippen LogP) is 4.05. The Morgan fingerprint density at radius 3 is 2.29 bits per heavy atom. The lowest BCUT2D eigenvalue weighted by molar-refractivity contribution is 0.209. The van der Waals surface area contributed by atoms with Crippen LogP contribution in [0.25, 0.3) is 0 Å². The molecule has 0 aromatic heterocycles. The minimum absolute atomic E-state index is 0.112. The Morgan fingerprint density at radius 2 is 1.62 bits per heavy atom. The lowest BCUT2D eigenvalue weighted by Crippen LogP contribution is -2.36. The minimum Gasteiger partial charge on any atom is -0.493 e. The molecule has 1 heterocycles. The first kappa shape index (κ1) is 24.1. The molecule has 1 N–H and O–H groups in total. The zero-order valence-corrected chi connectivity index (χ0v) is 20.7. The monoisotopic (exact) mass is 482 g/mol. The van der Waals surface area contributed by atoms with Crippen molar-refractivity contribution < 1.29 is 22.6 Å². The first-order valence-corrected chi connectivity index (χ1v) is 12.5. The summed E-state index contributed by atoms with van der Waals surface area (Å²) < 4.78 is 45.1. The number of methoxy groups -OCH3 is 3. The third-order valence-electron chi connectivity index (χ3n) is 6.07. The van der Waals surface area contributed by atoms with E-state index in [4.69, 9.17) is 14.2 Å². The zero-order chi connectivity index (χ0) is 24.3. The number of anilines is 1. The highest BCUT2D eigenvalue weighted by atomic mass is 32.2. The van der Waals surface area contributed by atoms with Gasteiger partial charge in [-0.2, -0.15) is 0 Å². The molecule has 4 rings (SSSR count). The van der Waals surface area contributed by atoms with Gasteiger partial charge in [0.05, 0.1) is 30.8 Å². The highest BCUT2D eigenvalue weighted by Gasteiger charge is 2.31. The van der Waals surface area contributed by atoms with Crippen molar-refractivity contribution in [3.05, 3.63) is 82.9 Å². The summed E-state index contributed by atoms with van der Waals surface area (Å²) in [5.41, 5.74) is 4.55. The number of fused-ring (bicyclic) bond motifs is 1. The van der Waals surface area contributed by atoms with Crippen LogP contribution in [0.2, 0.25) is 0 Å². The highest BCUT2D eigenvalue weighted by Crippen LogP contribution is 2.40. The van der Waals surface area contributed by atoms with Crippen molar-refractivity contribution in [1.82, 2.24) is 5.32 Å². The van der Waals surface area contributed by atoms with E-state index in [0.29, 0.717) is 17.2 Å². The summed E-state index contributed by atoms with van der Waals surface area (Å²) >= 11 is 0. The molecule has 0 amide bonds. The van der Waals surface area contributed by atoms with Crippen molar-refractivity contribution in [1.29, 1.82) is 0 Å². The molecule has 1 atom stereocenters. The number of sulfonamides is 1. The summed E-state index contributed by atoms with van der Waals surface area (Å²) in [5.74, 6) is 1.31. The van der Waals surface area contributed by atoms with Crippen molar-refractivity contribution in [3.8, 4) is 11.5 Å². The van der Waals surface area contributed by atoms with Gasteiger partial charge in [-0.3, -0.25) is 0 Å². The SMILES string of the molecule is COCN(c1ccccc1[C@H]1NCCc2cc(OC)c(OC)cc21)S(=O)(=O)c1ccc(C)cc1. The molecule has 0 saturated carbocycles. The number of nitrogens with zero attached hydrogens (tertiary/aromatic N) is 1. The lowest BCUT2D eigenvalue weighted by Gasteiger charge is -2.32. The van der Waals surface area contributed by atoms with Crippen LogP contribution in [0, 0.1) is 6.92 Å². The largest absolute Gasteiger partial charge is 0.493 e.